The van der Waals surface area contributed by atoms with Crippen molar-refractivity contribution in [1.29, 1.82) is 0 Å². The summed E-state index contributed by atoms with van der Waals surface area (Å²) in [7, 11) is -0.625. The Kier molecular flexibility index (Phi) is 6.89. The van der Waals surface area contributed by atoms with E-state index in [0.717, 1.165) is 12.8 Å². The zero-order chi connectivity index (χ0) is 18.3. The molecular formula is C16H24N2O6S. The monoisotopic (exact) mass is 372 g/mol. The maximum Gasteiger partial charge on any atom is 0.315 e. The first-order chi connectivity index (χ1) is 12.0. The van der Waals surface area contributed by atoms with E-state index in [9.17, 15) is 13.2 Å². The molecule has 0 saturated carbocycles. The van der Waals surface area contributed by atoms with Crippen molar-refractivity contribution in [2.24, 2.45) is 0 Å². The third-order valence-electron chi connectivity index (χ3n) is 3.93. The van der Waals surface area contributed by atoms with Crippen LogP contribution in [0.3, 0.4) is 0 Å². The summed E-state index contributed by atoms with van der Waals surface area (Å²) in [4.78, 5) is 11.9. The van der Waals surface area contributed by atoms with Crippen molar-refractivity contribution >= 4 is 15.9 Å². The molecule has 0 aromatic heterocycles. The van der Waals surface area contributed by atoms with Crippen LogP contribution >= 0.6 is 0 Å². The summed E-state index contributed by atoms with van der Waals surface area (Å²) in [5.74, 6) is 0.591. The van der Waals surface area contributed by atoms with Crippen LogP contribution in [-0.2, 0) is 14.6 Å². The van der Waals surface area contributed by atoms with Gasteiger partial charge in [-0.15, -0.1) is 0 Å². The topological polar surface area (TPSA) is 103 Å². The quantitative estimate of drug-likeness (QED) is 0.739. The van der Waals surface area contributed by atoms with Gasteiger partial charge in [0.2, 0.25) is 0 Å². The molecule has 1 fully saturated rings. The average Bonchev–Trinajstić information content (AvgIpc) is 2.61. The number of amides is 2. The molecular weight excluding hydrogens is 348 g/mol. The van der Waals surface area contributed by atoms with E-state index in [1.807, 2.05) is 0 Å². The summed E-state index contributed by atoms with van der Waals surface area (Å²) in [5.41, 5.74) is 0. The van der Waals surface area contributed by atoms with Gasteiger partial charge < -0.3 is 24.8 Å². The fraction of sp³-hybridized carbons (Fsp3) is 0.562. The molecule has 1 heterocycles. The van der Waals surface area contributed by atoms with E-state index in [-0.39, 0.29) is 29.3 Å². The number of benzene rings is 1. The summed E-state index contributed by atoms with van der Waals surface area (Å²) in [6.07, 6.45) is 1.52. The van der Waals surface area contributed by atoms with Crippen LogP contribution in [0, 0.1) is 0 Å². The second-order valence-electron chi connectivity index (χ2n) is 5.62. The fourth-order valence-corrected chi connectivity index (χ4v) is 3.67. The molecule has 0 atom stereocenters. The van der Waals surface area contributed by atoms with E-state index in [4.69, 9.17) is 14.2 Å². The number of hydrogen-bond donors (Lipinski definition) is 2. The maximum absolute atomic E-state index is 12.4. The molecule has 2 amide bonds. The average molecular weight is 372 g/mol. The lowest BCUT2D eigenvalue weighted by Crippen LogP contribution is -2.45. The van der Waals surface area contributed by atoms with Crippen LogP contribution < -0.4 is 20.1 Å². The normalized spacial score (nSPS) is 15.4. The van der Waals surface area contributed by atoms with E-state index >= 15 is 0 Å². The van der Waals surface area contributed by atoms with Crippen LogP contribution in [0.5, 0.6) is 11.5 Å². The van der Waals surface area contributed by atoms with Gasteiger partial charge in [-0.05, 0) is 25.0 Å². The smallest absolute Gasteiger partial charge is 0.315 e. The first-order valence-corrected chi connectivity index (χ1v) is 9.68. The van der Waals surface area contributed by atoms with Crippen LogP contribution in [0.15, 0.2) is 23.1 Å². The van der Waals surface area contributed by atoms with Crippen molar-refractivity contribution in [2.45, 2.75) is 23.8 Å². The summed E-state index contributed by atoms with van der Waals surface area (Å²) in [5, 5.41) is 5.40. The van der Waals surface area contributed by atoms with Crippen molar-refractivity contribution in [2.75, 3.05) is 39.7 Å². The molecule has 9 heteroatoms. The van der Waals surface area contributed by atoms with Crippen LogP contribution in [0.25, 0.3) is 0 Å². The van der Waals surface area contributed by atoms with Crippen molar-refractivity contribution in [3.8, 4) is 11.5 Å². The lowest BCUT2D eigenvalue weighted by atomic mass is 10.1. The van der Waals surface area contributed by atoms with E-state index in [2.05, 4.69) is 10.6 Å². The Labute approximate surface area is 147 Å². The first-order valence-electron chi connectivity index (χ1n) is 8.03. The first kappa shape index (κ1) is 19.3. The standard InChI is InChI=1S/C16H24N2O6S/c1-22-14-4-3-13(11-15(14)23-2)25(20,21)10-7-17-16(19)18-12-5-8-24-9-6-12/h3-4,11-12H,5-10H2,1-2H3,(H2,17,18,19). The maximum atomic E-state index is 12.4. The summed E-state index contributed by atoms with van der Waals surface area (Å²) < 4.78 is 40.2. The Hall–Kier alpha value is -2.00. The van der Waals surface area contributed by atoms with Crippen molar-refractivity contribution in [3.05, 3.63) is 18.2 Å². The van der Waals surface area contributed by atoms with Gasteiger partial charge in [0, 0.05) is 31.9 Å². The molecule has 1 aromatic carbocycles. The number of sulfone groups is 1. The molecule has 1 aromatic rings. The number of hydrogen-bond acceptors (Lipinski definition) is 6. The molecule has 2 rings (SSSR count). The Morgan fingerprint density at radius 2 is 1.88 bits per heavy atom. The van der Waals surface area contributed by atoms with Crippen LogP contribution in [0.2, 0.25) is 0 Å². The van der Waals surface area contributed by atoms with Crippen LogP contribution in [0.4, 0.5) is 4.79 Å². The lowest BCUT2D eigenvalue weighted by molar-refractivity contribution is 0.0801. The molecule has 0 radical (unpaired) electrons. The zero-order valence-electron chi connectivity index (χ0n) is 14.4. The van der Waals surface area contributed by atoms with Gasteiger partial charge in [0.05, 0.1) is 24.9 Å². The highest BCUT2D eigenvalue weighted by Crippen LogP contribution is 2.29. The molecule has 2 N–H and O–H groups in total. The van der Waals surface area contributed by atoms with E-state index in [1.54, 1.807) is 0 Å². The van der Waals surface area contributed by atoms with Gasteiger partial charge in [-0.1, -0.05) is 0 Å². The molecule has 0 spiro atoms. The fourth-order valence-electron chi connectivity index (χ4n) is 2.51. The predicted molar refractivity (Wildman–Crippen MR) is 92.0 cm³/mol. The number of ether oxygens (including phenoxy) is 3. The summed E-state index contributed by atoms with van der Waals surface area (Å²) in [6.45, 7) is 1.27. The second-order valence-corrected chi connectivity index (χ2v) is 7.73. The number of nitrogens with one attached hydrogen (secondary N) is 2. The van der Waals surface area contributed by atoms with Gasteiger partial charge in [-0.3, -0.25) is 0 Å². The Balaban J connectivity index is 1.87. The number of urea groups is 1. The summed E-state index contributed by atoms with van der Waals surface area (Å²) >= 11 is 0. The van der Waals surface area contributed by atoms with Gasteiger partial charge in [-0.2, -0.15) is 0 Å². The minimum Gasteiger partial charge on any atom is -0.493 e. The molecule has 1 aliphatic heterocycles. The Bertz CT molecular complexity index is 686. The number of methoxy groups -OCH3 is 2. The third-order valence-corrected chi connectivity index (χ3v) is 5.64. The molecule has 140 valence electrons. The van der Waals surface area contributed by atoms with Gasteiger partial charge in [0.25, 0.3) is 0 Å². The molecule has 0 aliphatic carbocycles. The van der Waals surface area contributed by atoms with Crippen LogP contribution in [-0.4, -0.2) is 60.2 Å². The SMILES string of the molecule is COc1ccc(S(=O)(=O)CCNC(=O)NC2CCOCC2)cc1OC. The third kappa shape index (κ3) is 5.50. The van der Waals surface area contributed by atoms with Gasteiger partial charge in [0.15, 0.2) is 21.3 Å². The number of rotatable bonds is 7. The number of carbonyl (C=O) groups is 1. The molecule has 25 heavy (non-hydrogen) atoms. The van der Waals surface area contributed by atoms with E-state index in [1.165, 1.54) is 32.4 Å². The molecule has 0 bridgehead atoms. The Morgan fingerprint density at radius 1 is 1.20 bits per heavy atom. The molecule has 0 unspecified atom stereocenters. The highest BCUT2D eigenvalue weighted by molar-refractivity contribution is 7.91. The van der Waals surface area contributed by atoms with Gasteiger partial charge in [0.1, 0.15) is 0 Å². The Morgan fingerprint density at radius 3 is 2.52 bits per heavy atom. The zero-order valence-corrected chi connectivity index (χ0v) is 15.2. The van der Waals surface area contributed by atoms with Gasteiger partial charge in [-0.25, -0.2) is 13.2 Å². The molecule has 1 aliphatic rings. The summed E-state index contributed by atoms with van der Waals surface area (Å²) in [6, 6.07) is 4.11. The van der Waals surface area contributed by atoms with Crippen molar-refractivity contribution in [1.82, 2.24) is 10.6 Å². The van der Waals surface area contributed by atoms with E-state index < -0.39 is 9.84 Å². The number of carbonyl (C=O) groups excluding carboxylic acids is 1. The minimum absolute atomic E-state index is 0.0196. The molecule has 8 nitrogen and oxygen atoms in total. The largest absolute Gasteiger partial charge is 0.493 e. The molecule has 1 saturated heterocycles. The van der Waals surface area contributed by atoms with Crippen molar-refractivity contribution in [3.63, 3.8) is 0 Å². The van der Waals surface area contributed by atoms with Crippen molar-refractivity contribution < 1.29 is 27.4 Å². The van der Waals surface area contributed by atoms with E-state index in [0.29, 0.717) is 24.7 Å². The second kappa shape index (κ2) is 8.91. The van der Waals surface area contributed by atoms with Gasteiger partial charge >= 0.3 is 6.03 Å². The highest BCUT2D eigenvalue weighted by Gasteiger charge is 2.19. The lowest BCUT2D eigenvalue weighted by Gasteiger charge is -2.23. The minimum atomic E-state index is -3.54. The predicted octanol–water partition coefficient (Wildman–Crippen LogP) is 0.956. The highest BCUT2D eigenvalue weighted by atomic mass is 32.2. The van der Waals surface area contributed by atoms with Crippen LogP contribution in [0.1, 0.15) is 12.8 Å².